The van der Waals surface area contributed by atoms with E-state index >= 15 is 0 Å². The van der Waals surface area contributed by atoms with E-state index in [0.29, 0.717) is 17.8 Å². The Hall–Kier alpha value is -2.21. The van der Waals surface area contributed by atoms with Gasteiger partial charge in [-0.2, -0.15) is 0 Å². The highest BCUT2D eigenvalue weighted by Crippen LogP contribution is 2.27. The van der Waals surface area contributed by atoms with Gasteiger partial charge in [-0.15, -0.1) is 0 Å². The van der Waals surface area contributed by atoms with E-state index in [1.54, 1.807) is 24.4 Å². The average Bonchev–Trinajstić information content (AvgIpc) is 3.05. The van der Waals surface area contributed by atoms with Crippen molar-refractivity contribution in [2.75, 3.05) is 13.1 Å². The summed E-state index contributed by atoms with van der Waals surface area (Å²) >= 11 is 0. The monoisotopic (exact) mass is 305 g/mol. The van der Waals surface area contributed by atoms with Crippen LogP contribution in [0, 0.1) is 11.6 Å². The number of rotatable bonds is 3. The van der Waals surface area contributed by atoms with E-state index in [4.69, 9.17) is 0 Å². The molecule has 0 saturated carbocycles. The minimum atomic E-state index is -0.857. The summed E-state index contributed by atoms with van der Waals surface area (Å²) < 4.78 is 26.6. The van der Waals surface area contributed by atoms with Crippen LogP contribution >= 0.6 is 0 Å². The smallest absolute Gasteiger partial charge is 0.267 e. The Labute approximate surface area is 126 Å². The van der Waals surface area contributed by atoms with Gasteiger partial charge >= 0.3 is 0 Å². The molecule has 3 N–H and O–H groups in total. The number of piperidine rings is 1. The molecule has 1 fully saturated rings. The summed E-state index contributed by atoms with van der Waals surface area (Å²) in [6.07, 6.45) is 2.43. The van der Waals surface area contributed by atoms with Crippen LogP contribution in [0.5, 0.6) is 0 Å². The summed E-state index contributed by atoms with van der Waals surface area (Å²) in [5.74, 6) is -1.96. The molecule has 2 unspecified atom stereocenters. The lowest BCUT2D eigenvalue weighted by Crippen LogP contribution is -2.50. The van der Waals surface area contributed by atoms with Crippen LogP contribution in [0.4, 0.5) is 8.78 Å². The number of hydrogen-bond donors (Lipinski definition) is 3. The number of aromatic amines is 1. The van der Waals surface area contributed by atoms with Gasteiger partial charge in [-0.25, -0.2) is 8.78 Å². The first-order chi connectivity index (χ1) is 10.6. The number of aromatic nitrogens is 1. The average molecular weight is 305 g/mol. The highest BCUT2D eigenvalue weighted by atomic mass is 19.2. The van der Waals surface area contributed by atoms with Crippen molar-refractivity contribution in [1.29, 1.82) is 0 Å². The van der Waals surface area contributed by atoms with Gasteiger partial charge in [0.2, 0.25) is 0 Å². The van der Waals surface area contributed by atoms with Crippen molar-refractivity contribution in [2.24, 2.45) is 0 Å². The number of hydrogen-bond acceptors (Lipinski definition) is 2. The van der Waals surface area contributed by atoms with Gasteiger partial charge < -0.3 is 15.6 Å². The number of carbonyl (C=O) groups excluding carboxylic acids is 1. The zero-order valence-corrected chi connectivity index (χ0v) is 11.9. The largest absolute Gasteiger partial charge is 0.357 e. The van der Waals surface area contributed by atoms with Gasteiger partial charge in [0.15, 0.2) is 11.6 Å². The van der Waals surface area contributed by atoms with Crippen LogP contribution < -0.4 is 10.6 Å². The molecule has 2 atom stereocenters. The predicted octanol–water partition coefficient (Wildman–Crippen LogP) is 2.17. The SMILES string of the molecule is O=C(NC1CNCCC1c1ccc(F)c(F)c1)c1ccc[nH]1. The second-order valence-corrected chi connectivity index (χ2v) is 5.44. The molecular weight excluding hydrogens is 288 g/mol. The third-order valence-electron chi connectivity index (χ3n) is 4.01. The van der Waals surface area contributed by atoms with E-state index < -0.39 is 11.6 Å². The fourth-order valence-electron chi connectivity index (χ4n) is 2.87. The van der Waals surface area contributed by atoms with Gasteiger partial charge in [0.05, 0.1) is 0 Å². The number of carbonyl (C=O) groups is 1. The quantitative estimate of drug-likeness (QED) is 0.814. The predicted molar refractivity (Wildman–Crippen MR) is 78.6 cm³/mol. The summed E-state index contributed by atoms with van der Waals surface area (Å²) in [4.78, 5) is 15.0. The lowest BCUT2D eigenvalue weighted by Gasteiger charge is -2.33. The van der Waals surface area contributed by atoms with Gasteiger partial charge in [-0.1, -0.05) is 6.07 Å². The highest BCUT2D eigenvalue weighted by molar-refractivity contribution is 5.92. The molecule has 1 amide bonds. The Morgan fingerprint density at radius 1 is 1.23 bits per heavy atom. The van der Waals surface area contributed by atoms with Gasteiger partial charge in [-0.05, 0) is 42.8 Å². The molecule has 1 aromatic heterocycles. The minimum absolute atomic E-state index is 0.0461. The second kappa shape index (κ2) is 6.27. The Bertz CT molecular complexity index is 657. The van der Waals surface area contributed by atoms with Crippen LogP contribution in [0.3, 0.4) is 0 Å². The molecule has 1 saturated heterocycles. The van der Waals surface area contributed by atoms with E-state index in [9.17, 15) is 13.6 Å². The maximum Gasteiger partial charge on any atom is 0.267 e. The lowest BCUT2D eigenvalue weighted by molar-refractivity contribution is 0.0920. The molecule has 1 aliphatic heterocycles. The fraction of sp³-hybridized carbons (Fsp3) is 0.312. The third kappa shape index (κ3) is 3.01. The van der Waals surface area contributed by atoms with Gasteiger partial charge in [-0.3, -0.25) is 4.79 Å². The van der Waals surface area contributed by atoms with Crippen LogP contribution in [0.1, 0.15) is 28.4 Å². The molecule has 4 nitrogen and oxygen atoms in total. The maximum atomic E-state index is 13.5. The Balaban J connectivity index is 1.79. The highest BCUT2D eigenvalue weighted by Gasteiger charge is 2.28. The van der Waals surface area contributed by atoms with Crippen molar-refractivity contribution in [2.45, 2.75) is 18.4 Å². The van der Waals surface area contributed by atoms with E-state index in [1.165, 1.54) is 6.07 Å². The molecule has 0 bridgehead atoms. The molecule has 116 valence electrons. The summed E-state index contributed by atoms with van der Waals surface area (Å²) in [5.41, 5.74) is 1.19. The number of nitrogens with one attached hydrogen (secondary N) is 3. The fourth-order valence-corrected chi connectivity index (χ4v) is 2.87. The van der Waals surface area contributed by atoms with Gasteiger partial charge in [0.25, 0.3) is 5.91 Å². The first kappa shape index (κ1) is 14.7. The molecule has 1 aromatic carbocycles. The lowest BCUT2D eigenvalue weighted by atomic mass is 9.86. The van der Waals surface area contributed by atoms with Crippen LogP contribution in [0.15, 0.2) is 36.5 Å². The molecule has 22 heavy (non-hydrogen) atoms. The first-order valence-electron chi connectivity index (χ1n) is 7.25. The zero-order chi connectivity index (χ0) is 15.5. The van der Waals surface area contributed by atoms with E-state index in [0.717, 1.165) is 19.0 Å². The number of H-pyrrole nitrogens is 1. The molecule has 0 aliphatic carbocycles. The van der Waals surface area contributed by atoms with Gasteiger partial charge in [0, 0.05) is 24.7 Å². The van der Waals surface area contributed by atoms with Crippen molar-refractivity contribution in [3.05, 3.63) is 59.4 Å². The van der Waals surface area contributed by atoms with E-state index in [1.807, 2.05) is 0 Å². The second-order valence-electron chi connectivity index (χ2n) is 5.44. The van der Waals surface area contributed by atoms with Crippen LogP contribution in [0.2, 0.25) is 0 Å². The van der Waals surface area contributed by atoms with Crippen molar-refractivity contribution in [3.8, 4) is 0 Å². The Morgan fingerprint density at radius 3 is 2.82 bits per heavy atom. The minimum Gasteiger partial charge on any atom is -0.357 e. The summed E-state index contributed by atoms with van der Waals surface area (Å²) in [6.45, 7) is 1.37. The summed E-state index contributed by atoms with van der Waals surface area (Å²) in [6, 6.07) is 7.21. The molecule has 0 spiro atoms. The molecule has 2 heterocycles. The van der Waals surface area contributed by atoms with Crippen LogP contribution in [-0.4, -0.2) is 30.0 Å². The van der Waals surface area contributed by atoms with Gasteiger partial charge in [0.1, 0.15) is 5.69 Å². The molecular formula is C16H17F2N3O. The third-order valence-corrected chi connectivity index (χ3v) is 4.01. The number of benzene rings is 1. The molecule has 0 radical (unpaired) electrons. The normalized spacial score (nSPS) is 21.5. The maximum absolute atomic E-state index is 13.5. The molecule has 2 aromatic rings. The Kier molecular flexibility index (Phi) is 4.20. The molecule has 6 heteroatoms. The zero-order valence-electron chi connectivity index (χ0n) is 11.9. The Morgan fingerprint density at radius 2 is 2.09 bits per heavy atom. The summed E-state index contributed by atoms with van der Waals surface area (Å²) in [7, 11) is 0. The molecule has 3 rings (SSSR count). The summed E-state index contributed by atoms with van der Waals surface area (Å²) in [5, 5.41) is 6.17. The molecule has 1 aliphatic rings. The van der Waals surface area contributed by atoms with Crippen molar-refractivity contribution >= 4 is 5.91 Å². The first-order valence-corrected chi connectivity index (χ1v) is 7.25. The van der Waals surface area contributed by atoms with E-state index in [-0.39, 0.29) is 17.9 Å². The van der Waals surface area contributed by atoms with Crippen LogP contribution in [-0.2, 0) is 0 Å². The van der Waals surface area contributed by atoms with Crippen molar-refractivity contribution < 1.29 is 13.6 Å². The van der Waals surface area contributed by atoms with Crippen molar-refractivity contribution in [1.82, 2.24) is 15.6 Å². The topological polar surface area (TPSA) is 56.9 Å². The van der Waals surface area contributed by atoms with Crippen LogP contribution in [0.25, 0.3) is 0 Å². The van der Waals surface area contributed by atoms with Crippen molar-refractivity contribution in [3.63, 3.8) is 0 Å². The number of amides is 1. The standard InChI is InChI=1S/C16H17F2N3O/c17-12-4-3-10(8-13(12)18)11-5-7-19-9-15(11)21-16(22)14-2-1-6-20-14/h1-4,6,8,11,15,19-20H,5,7,9H2,(H,21,22). The number of halogens is 2. The van der Waals surface area contributed by atoms with E-state index in [2.05, 4.69) is 15.6 Å².